The second kappa shape index (κ2) is 8.53. The van der Waals surface area contributed by atoms with E-state index in [1.165, 1.54) is 11.3 Å². The molecule has 0 aromatic heterocycles. The molecule has 0 aliphatic heterocycles. The molecule has 0 amide bonds. The summed E-state index contributed by atoms with van der Waals surface area (Å²) in [4.78, 5) is 11.7. The van der Waals surface area contributed by atoms with Crippen LogP contribution in [0.4, 0.5) is 0 Å². The quantitative estimate of drug-likeness (QED) is 0.209. The van der Waals surface area contributed by atoms with Crippen molar-refractivity contribution in [1.82, 2.24) is 0 Å². The molecule has 0 spiro atoms. The minimum Gasteiger partial charge on any atom is -0.539 e. The SMILES string of the molecule is C/C=C\C(=O)Oc1c(I)cc(O[Si](C)(C)c2ccccc2)cc1OC. The van der Waals surface area contributed by atoms with Crippen LogP contribution in [-0.4, -0.2) is 21.4 Å². The second-order valence-corrected chi connectivity index (χ2v) is 10.8. The fraction of sp³-hybridized carbons (Fsp3) is 0.211. The molecule has 0 heterocycles. The number of benzene rings is 2. The van der Waals surface area contributed by atoms with Gasteiger partial charge in [-0.25, -0.2) is 4.79 Å². The van der Waals surface area contributed by atoms with Gasteiger partial charge in [-0.05, 0) is 53.9 Å². The van der Waals surface area contributed by atoms with Crippen LogP contribution < -0.4 is 19.1 Å². The molecular formula is C19H21IO4Si. The summed E-state index contributed by atoms with van der Waals surface area (Å²) in [6, 6.07) is 13.8. The summed E-state index contributed by atoms with van der Waals surface area (Å²) in [6.45, 7) is 6.04. The Labute approximate surface area is 163 Å². The van der Waals surface area contributed by atoms with Gasteiger partial charge in [0.15, 0.2) is 11.5 Å². The summed E-state index contributed by atoms with van der Waals surface area (Å²) in [5.41, 5.74) is 0. The third-order valence-corrected chi connectivity index (χ3v) is 6.82. The van der Waals surface area contributed by atoms with E-state index in [1.807, 2.05) is 24.3 Å². The van der Waals surface area contributed by atoms with Gasteiger partial charge >= 0.3 is 5.97 Å². The van der Waals surface area contributed by atoms with Crippen molar-refractivity contribution >= 4 is 42.1 Å². The summed E-state index contributed by atoms with van der Waals surface area (Å²) in [6.07, 6.45) is 3.00. The van der Waals surface area contributed by atoms with E-state index in [-0.39, 0.29) is 0 Å². The summed E-state index contributed by atoms with van der Waals surface area (Å²) in [5, 5.41) is 1.20. The summed E-state index contributed by atoms with van der Waals surface area (Å²) in [7, 11) is -0.575. The zero-order chi connectivity index (χ0) is 18.4. The highest BCUT2D eigenvalue weighted by atomic mass is 127. The van der Waals surface area contributed by atoms with Crippen LogP contribution in [-0.2, 0) is 4.79 Å². The van der Waals surface area contributed by atoms with E-state index in [2.05, 4.69) is 47.8 Å². The number of allylic oxidation sites excluding steroid dienone is 1. The molecule has 0 N–H and O–H groups in total. The lowest BCUT2D eigenvalue weighted by atomic mass is 10.3. The van der Waals surface area contributed by atoms with Gasteiger partial charge in [0, 0.05) is 12.1 Å². The lowest BCUT2D eigenvalue weighted by Crippen LogP contribution is -2.47. The number of hydrogen-bond acceptors (Lipinski definition) is 4. The summed E-state index contributed by atoms with van der Waals surface area (Å²) in [5.74, 6) is 1.13. The number of esters is 1. The monoisotopic (exact) mass is 468 g/mol. The zero-order valence-electron chi connectivity index (χ0n) is 14.7. The maximum atomic E-state index is 11.7. The molecule has 0 atom stereocenters. The van der Waals surface area contributed by atoms with E-state index in [0.29, 0.717) is 17.2 Å². The molecule has 0 radical (unpaired) electrons. The minimum absolute atomic E-state index is 0.401. The lowest BCUT2D eigenvalue weighted by molar-refractivity contribution is -0.129. The molecule has 0 bridgehead atoms. The number of carbonyl (C=O) groups excluding carboxylic acids is 1. The Morgan fingerprint density at radius 2 is 1.84 bits per heavy atom. The van der Waals surface area contributed by atoms with Gasteiger partial charge < -0.3 is 13.9 Å². The van der Waals surface area contributed by atoms with Crippen molar-refractivity contribution in [3.05, 3.63) is 58.2 Å². The Kier molecular flexibility index (Phi) is 6.66. The highest BCUT2D eigenvalue weighted by Crippen LogP contribution is 2.37. The molecule has 6 heteroatoms. The largest absolute Gasteiger partial charge is 0.539 e. The Morgan fingerprint density at radius 3 is 2.44 bits per heavy atom. The molecular weight excluding hydrogens is 447 g/mol. The van der Waals surface area contributed by atoms with Crippen LogP contribution in [0.3, 0.4) is 0 Å². The van der Waals surface area contributed by atoms with Crippen LogP contribution in [0.15, 0.2) is 54.6 Å². The number of ether oxygens (including phenoxy) is 2. The maximum absolute atomic E-state index is 11.7. The fourth-order valence-electron chi connectivity index (χ4n) is 2.32. The van der Waals surface area contributed by atoms with E-state index >= 15 is 0 Å². The van der Waals surface area contributed by atoms with Gasteiger partial charge in [-0.1, -0.05) is 36.4 Å². The van der Waals surface area contributed by atoms with Gasteiger partial charge in [-0.15, -0.1) is 0 Å². The van der Waals surface area contributed by atoms with Crippen LogP contribution in [0.5, 0.6) is 17.2 Å². The summed E-state index contributed by atoms with van der Waals surface area (Å²) >= 11 is 2.12. The van der Waals surface area contributed by atoms with Gasteiger partial charge in [-0.2, -0.15) is 0 Å². The first-order valence-corrected chi connectivity index (χ1v) is 11.8. The molecule has 132 valence electrons. The third-order valence-electron chi connectivity index (χ3n) is 3.55. The van der Waals surface area contributed by atoms with Gasteiger partial charge in [0.1, 0.15) is 5.75 Å². The molecule has 4 nitrogen and oxygen atoms in total. The molecule has 25 heavy (non-hydrogen) atoms. The maximum Gasteiger partial charge on any atom is 0.335 e. The highest BCUT2D eigenvalue weighted by Gasteiger charge is 2.28. The number of hydrogen-bond donors (Lipinski definition) is 0. The number of rotatable bonds is 6. The lowest BCUT2D eigenvalue weighted by Gasteiger charge is -2.25. The fourth-order valence-corrected chi connectivity index (χ4v) is 4.82. The zero-order valence-corrected chi connectivity index (χ0v) is 17.9. The average Bonchev–Trinajstić information content (AvgIpc) is 2.57. The minimum atomic E-state index is -2.12. The first kappa shape index (κ1) is 19.5. The molecule has 0 aliphatic rings. The first-order chi connectivity index (χ1) is 11.9. The molecule has 0 fully saturated rings. The van der Waals surface area contributed by atoms with Gasteiger partial charge in [0.05, 0.1) is 10.7 Å². The van der Waals surface area contributed by atoms with Crippen molar-refractivity contribution < 1.29 is 18.7 Å². The third kappa shape index (κ3) is 5.09. The predicted octanol–water partition coefficient (Wildman–Crippen LogP) is 4.27. The van der Waals surface area contributed by atoms with E-state index in [1.54, 1.807) is 26.2 Å². The first-order valence-electron chi connectivity index (χ1n) is 7.84. The van der Waals surface area contributed by atoms with Crippen LogP contribution in [0.1, 0.15) is 6.92 Å². The Bertz CT molecular complexity index is 772. The Balaban J connectivity index is 2.31. The second-order valence-electron chi connectivity index (χ2n) is 5.84. The molecule has 0 saturated carbocycles. The van der Waals surface area contributed by atoms with Crippen molar-refractivity contribution in [3.63, 3.8) is 0 Å². The molecule has 0 unspecified atom stereocenters. The molecule has 0 saturated heterocycles. The smallest absolute Gasteiger partial charge is 0.335 e. The average molecular weight is 468 g/mol. The van der Waals surface area contributed by atoms with Crippen molar-refractivity contribution in [2.45, 2.75) is 20.0 Å². The number of halogens is 1. The topological polar surface area (TPSA) is 44.8 Å². The van der Waals surface area contributed by atoms with E-state index in [0.717, 1.165) is 3.57 Å². The van der Waals surface area contributed by atoms with Gasteiger partial charge in [0.2, 0.25) is 0 Å². The van der Waals surface area contributed by atoms with E-state index in [9.17, 15) is 4.79 Å². The van der Waals surface area contributed by atoms with Gasteiger partial charge in [0.25, 0.3) is 8.32 Å². The predicted molar refractivity (Wildman–Crippen MR) is 110 cm³/mol. The summed E-state index contributed by atoms with van der Waals surface area (Å²) < 4.78 is 17.8. The Hall–Kier alpha value is -1.80. The van der Waals surface area contributed by atoms with Crippen molar-refractivity contribution in [2.24, 2.45) is 0 Å². The molecule has 2 aromatic carbocycles. The molecule has 2 aromatic rings. The molecule has 0 aliphatic carbocycles. The standard InChI is InChI=1S/C19H21IO4Si/c1-5-9-18(21)23-19-16(20)12-14(13-17(19)22-2)24-25(3,4)15-10-7-6-8-11-15/h5-13H,1-4H3/b9-5-. The van der Waals surface area contributed by atoms with Crippen molar-refractivity contribution in [1.29, 1.82) is 0 Å². The van der Waals surface area contributed by atoms with Crippen LogP contribution in [0, 0.1) is 3.57 Å². The van der Waals surface area contributed by atoms with Crippen LogP contribution in [0.2, 0.25) is 13.1 Å². The van der Waals surface area contributed by atoms with Gasteiger partial charge in [-0.3, -0.25) is 0 Å². The Morgan fingerprint density at radius 1 is 1.16 bits per heavy atom. The number of carbonyl (C=O) groups is 1. The van der Waals surface area contributed by atoms with Crippen LogP contribution >= 0.6 is 22.6 Å². The number of methoxy groups -OCH3 is 1. The van der Waals surface area contributed by atoms with Crippen LogP contribution in [0.25, 0.3) is 0 Å². The van der Waals surface area contributed by atoms with E-state index < -0.39 is 14.3 Å². The van der Waals surface area contributed by atoms with E-state index in [4.69, 9.17) is 13.9 Å². The molecule has 2 rings (SSSR count). The van der Waals surface area contributed by atoms with Crippen molar-refractivity contribution in [3.8, 4) is 17.2 Å². The normalized spacial score (nSPS) is 11.4. The highest BCUT2D eigenvalue weighted by molar-refractivity contribution is 14.1. The van der Waals surface area contributed by atoms with Crippen molar-refractivity contribution in [2.75, 3.05) is 7.11 Å².